The number of halogens is 2. The average Bonchev–Trinajstić information content (AvgIpc) is 3.09. The molecule has 0 amide bonds. The second-order valence-electron chi connectivity index (χ2n) is 6.19. The van der Waals surface area contributed by atoms with Crippen LogP contribution in [0.5, 0.6) is 5.75 Å². The van der Waals surface area contributed by atoms with Crippen LogP contribution in [-0.4, -0.2) is 42.3 Å². The molecular weight excluding hydrogens is 464 g/mol. The van der Waals surface area contributed by atoms with Crippen molar-refractivity contribution < 1.29 is 13.7 Å². The summed E-state index contributed by atoms with van der Waals surface area (Å²) in [6, 6.07) is 6.35. The lowest BCUT2D eigenvalue weighted by Crippen LogP contribution is -2.42. The summed E-state index contributed by atoms with van der Waals surface area (Å²) in [4.78, 5) is 8.48. The van der Waals surface area contributed by atoms with Crippen molar-refractivity contribution in [3.05, 3.63) is 41.8 Å². The summed E-state index contributed by atoms with van der Waals surface area (Å²) in [5, 5.41) is 10.2. The van der Waals surface area contributed by atoms with Gasteiger partial charge in [-0.25, -0.2) is 4.39 Å². The molecule has 0 saturated carbocycles. The summed E-state index contributed by atoms with van der Waals surface area (Å²) < 4.78 is 24.4. The van der Waals surface area contributed by atoms with Gasteiger partial charge in [0.15, 0.2) is 23.4 Å². The van der Waals surface area contributed by atoms with E-state index in [1.165, 1.54) is 6.07 Å². The van der Waals surface area contributed by atoms with Gasteiger partial charge >= 0.3 is 0 Å². The molecule has 7 nitrogen and oxygen atoms in total. The summed E-state index contributed by atoms with van der Waals surface area (Å²) in [7, 11) is 1.68. The van der Waals surface area contributed by atoms with Crippen molar-refractivity contribution >= 4 is 29.9 Å². The Hall–Kier alpha value is -1.91. The first-order valence-electron chi connectivity index (χ1n) is 8.67. The van der Waals surface area contributed by atoms with Crippen LogP contribution in [0.2, 0.25) is 0 Å². The van der Waals surface area contributed by atoms with Crippen molar-refractivity contribution in [2.75, 3.05) is 20.1 Å². The zero-order valence-corrected chi connectivity index (χ0v) is 18.4. The molecule has 1 aromatic carbocycles. The molecule has 0 aliphatic heterocycles. The topological polar surface area (TPSA) is 84.6 Å². The van der Waals surface area contributed by atoms with Crippen molar-refractivity contribution in [1.82, 2.24) is 20.8 Å². The van der Waals surface area contributed by atoms with E-state index in [4.69, 9.17) is 9.26 Å². The van der Waals surface area contributed by atoms with E-state index in [-0.39, 0.29) is 47.6 Å². The number of benzene rings is 1. The fourth-order valence-electron chi connectivity index (χ4n) is 2.15. The van der Waals surface area contributed by atoms with Crippen LogP contribution in [0.3, 0.4) is 0 Å². The number of rotatable bonds is 8. The van der Waals surface area contributed by atoms with Gasteiger partial charge in [-0.1, -0.05) is 31.1 Å². The molecular formula is C18H27FIN5O2. The molecule has 9 heteroatoms. The standard InChI is InChI=1S/C18H26FN5O2.HI/c1-12(2)17-23-16(26-24-17)9-10-21-18(20-4)22-11-13(3)25-15-8-6-5-7-14(15)19;/h5-8,12-13H,9-11H2,1-4H3,(H2,20,21,22);1H. The fraction of sp³-hybridized carbons (Fsp3) is 0.500. The van der Waals surface area contributed by atoms with Crippen LogP contribution in [0.1, 0.15) is 38.4 Å². The van der Waals surface area contributed by atoms with Crippen molar-refractivity contribution in [3.63, 3.8) is 0 Å². The second kappa shape index (κ2) is 11.7. The highest BCUT2D eigenvalue weighted by molar-refractivity contribution is 14.0. The molecule has 27 heavy (non-hydrogen) atoms. The number of hydrogen-bond acceptors (Lipinski definition) is 5. The fourth-order valence-corrected chi connectivity index (χ4v) is 2.15. The first-order valence-corrected chi connectivity index (χ1v) is 8.67. The molecule has 0 radical (unpaired) electrons. The van der Waals surface area contributed by atoms with E-state index in [2.05, 4.69) is 25.8 Å². The van der Waals surface area contributed by atoms with Crippen LogP contribution in [0, 0.1) is 5.82 Å². The van der Waals surface area contributed by atoms with Crippen molar-refractivity contribution in [2.45, 2.75) is 39.2 Å². The van der Waals surface area contributed by atoms with E-state index < -0.39 is 0 Å². The van der Waals surface area contributed by atoms with Gasteiger partial charge in [-0.15, -0.1) is 24.0 Å². The molecule has 2 aromatic rings. The lowest BCUT2D eigenvalue weighted by atomic mass is 10.2. The molecule has 2 N–H and O–H groups in total. The zero-order valence-electron chi connectivity index (χ0n) is 16.0. The Labute approximate surface area is 176 Å². The third-order valence-electron chi connectivity index (χ3n) is 3.58. The van der Waals surface area contributed by atoms with Crippen LogP contribution < -0.4 is 15.4 Å². The van der Waals surface area contributed by atoms with Gasteiger partial charge in [0.25, 0.3) is 0 Å². The Morgan fingerprint density at radius 1 is 1.26 bits per heavy atom. The minimum absolute atomic E-state index is 0. The summed E-state index contributed by atoms with van der Waals surface area (Å²) >= 11 is 0. The zero-order chi connectivity index (χ0) is 18.9. The van der Waals surface area contributed by atoms with E-state index in [1.807, 2.05) is 20.8 Å². The maximum atomic E-state index is 13.6. The number of aromatic nitrogens is 2. The molecule has 0 spiro atoms. The lowest BCUT2D eigenvalue weighted by molar-refractivity contribution is 0.214. The van der Waals surface area contributed by atoms with Crippen LogP contribution in [0.4, 0.5) is 4.39 Å². The second-order valence-corrected chi connectivity index (χ2v) is 6.19. The average molecular weight is 491 g/mol. The van der Waals surface area contributed by atoms with Crippen LogP contribution in [0.25, 0.3) is 0 Å². The third-order valence-corrected chi connectivity index (χ3v) is 3.58. The number of hydrogen-bond donors (Lipinski definition) is 2. The number of para-hydroxylation sites is 1. The van der Waals surface area contributed by atoms with E-state index in [1.54, 1.807) is 25.2 Å². The monoisotopic (exact) mass is 491 g/mol. The number of nitrogens with one attached hydrogen (secondary N) is 2. The highest BCUT2D eigenvalue weighted by Crippen LogP contribution is 2.16. The maximum absolute atomic E-state index is 13.6. The van der Waals surface area contributed by atoms with Gasteiger partial charge in [0.1, 0.15) is 6.10 Å². The quantitative estimate of drug-likeness (QED) is 0.336. The number of ether oxygens (including phenoxy) is 1. The highest BCUT2D eigenvalue weighted by Gasteiger charge is 2.11. The van der Waals surface area contributed by atoms with Gasteiger partial charge in [-0.05, 0) is 19.1 Å². The number of nitrogens with zero attached hydrogens (tertiary/aromatic N) is 3. The largest absolute Gasteiger partial charge is 0.486 e. The van der Waals surface area contributed by atoms with Gasteiger partial charge < -0.3 is 19.9 Å². The van der Waals surface area contributed by atoms with Gasteiger partial charge in [-0.3, -0.25) is 4.99 Å². The minimum atomic E-state index is -0.373. The minimum Gasteiger partial charge on any atom is -0.486 e. The lowest BCUT2D eigenvalue weighted by Gasteiger charge is -2.17. The normalized spacial score (nSPS) is 12.4. The molecule has 1 atom stereocenters. The van der Waals surface area contributed by atoms with Gasteiger partial charge in [-0.2, -0.15) is 4.98 Å². The molecule has 1 heterocycles. The van der Waals surface area contributed by atoms with E-state index >= 15 is 0 Å². The van der Waals surface area contributed by atoms with Crippen LogP contribution in [0.15, 0.2) is 33.8 Å². The first-order chi connectivity index (χ1) is 12.5. The van der Waals surface area contributed by atoms with Gasteiger partial charge in [0.2, 0.25) is 5.89 Å². The Bertz CT molecular complexity index is 723. The van der Waals surface area contributed by atoms with Gasteiger partial charge in [0, 0.05) is 25.9 Å². The summed E-state index contributed by atoms with van der Waals surface area (Å²) in [6.45, 7) is 6.97. The van der Waals surface area contributed by atoms with Gasteiger partial charge in [0.05, 0.1) is 6.54 Å². The maximum Gasteiger partial charge on any atom is 0.228 e. The molecule has 1 unspecified atom stereocenters. The third kappa shape index (κ3) is 7.69. The first kappa shape index (κ1) is 23.1. The Morgan fingerprint density at radius 3 is 2.63 bits per heavy atom. The van der Waals surface area contributed by atoms with Crippen LogP contribution >= 0.6 is 24.0 Å². The molecule has 150 valence electrons. The van der Waals surface area contributed by atoms with E-state index in [0.717, 1.165) is 0 Å². The van der Waals surface area contributed by atoms with Crippen molar-refractivity contribution in [2.24, 2.45) is 4.99 Å². The van der Waals surface area contributed by atoms with E-state index in [0.29, 0.717) is 37.2 Å². The molecule has 0 bridgehead atoms. The molecule has 2 rings (SSSR count). The molecule has 0 fully saturated rings. The van der Waals surface area contributed by atoms with E-state index in [9.17, 15) is 4.39 Å². The highest BCUT2D eigenvalue weighted by atomic mass is 127. The summed E-state index contributed by atoms with van der Waals surface area (Å²) in [5.74, 6) is 2.03. The predicted octanol–water partition coefficient (Wildman–Crippen LogP) is 3.13. The van der Waals surface area contributed by atoms with Crippen molar-refractivity contribution in [3.8, 4) is 5.75 Å². The molecule has 0 aliphatic rings. The molecule has 1 aromatic heterocycles. The van der Waals surface area contributed by atoms with Crippen molar-refractivity contribution in [1.29, 1.82) is 0 Å². The number of guanidine groups is 1. The number of aliphatic imine (C=N–C) groups is 1. The Balaban J connectivity index is 0.00000364. The SMILES string of the molecule is CN=C(NCCc1nc(C(C)C)no1)NCC(C)Oc1ccccc1F.I. The smallest absolute Gasteiger partial charge is 0.228 e. The molecule has 0 aliphatic carbocycles. The molecule has 0 saturated heterocycles. The summed E-state index contributed by atoms with van der Waals surface area (Å²) in [6.07, 6.45) is 0.372. The summed E-state index contributed by atoms with van der Waals surface area (Å²) in [5.41, 5.74) is 0. The Kier molecular flexibility index (Phi) is 10.0. The predicted molar refractivity (Wildman–Crippen MR) is 113 cm³/mol. The van der Waals surface area contributed by atoms with Crippen LogP contribution in [-0.2, 0) is 6.42 Å². The Morgan fingerprint density at radius 2 is 2.00 bits per heavy atom.